The largest absolute Gasteiger partial charge is 2.00 e. The zero-order valence-corrected chi connectivity index (χ0v) is 21.5. The Labute approximate surface area is 216 Å². The molecule has 8 heteroatoms. The van der Waals surface area contributed by atoms with Crippen LogP contribution in [0.15, 0.2) is 64.6 Å². The summed E-state index contributed by atoms with van der Waals surface area (Å²) < 4.78 is 0. The molecular formula is C23H21Cl4FeN3. The number of rotatable bonds is 4. The molecule has 3 rings (SSSR count). The summed E-state index contributed by atoms with van der Waals surface area (Å²) in [5.41, 5.74) is 7.05. The van der Waals surface area contributed by atoms with E-state index in [4.69, 9.17) is 38.2 Å². The summed E-state index contributed by atoms with van der Waals surface area (Å²) in [5.74, 6) is 0. The van der Waals surface area contributed by atoms with Gasteiger partial charge in [-0.25, -0.2) is 4.98 Å². The first-order valence-electron chi connectivity index (χ1n) is 8.94. The number of hydrogen-bond acceptors (Lipinski definition) is 3. The predicted molar refractivity (Wildman–Crippen MR) is 120 cm³/mol. The van der Waals surface area contributed by atoms with Crippen LogP contribution in [-0.2, 0) is 17.1 Å². The molecule has 0 spiro atoms. The van der Waals surface area contributed by atoms with Crippen LogP contribution in [0.2, 0.25) is 10.0 Å². The Bertz CT molecular complexity index is 1020. The average molecular weight is 537 g/mol. The van der Waals surface area contributed by atoms with Gasteiger partial charge >= 0.3 is 17.1 Å². The first kappa shape index (κ1) is 29.6. The zero-order valence-electron chi connectivity index (χ0n) is 17.4. The van der Waals surface area contributed by atoms with Crippen LogP contribution in [-0.4, -0.2) is 16.4 Å². The van der Waals surface area contributed by atoms with E-state index in [1.807, 2.05) is 82.3 Å². The number of halogens is 4. The molecule has 0 radical (unpaired) electrons. The number of aliphatic imine (C=N–C) groups is 2. The van der Waals surface area contributed by atoms with Crippen LogP contribution < -0.4 is 24.8 Å². The van der Waals surface area contributed by atoms with E-state index in [-0.39, 0.29) is 41.9 Å². The van der Waals surface area contributed by atoms with Gasteiger partial charge < -0.3 is 24.8 Å². The Morgan fingerprint density at radius 2 is 1.10 bits per heavy atom. The third-order valence-corrected chi connectivity index (χ3v) is 4.88. The van der Waals surface area contributed by atoms with Gasteiger partial charge in [-0.2, -0.15) is 0 Å². The topological polar surface area (TPSA) is 37.6 Å². The fourth-order valence-electron chi connectivity index (χ4n) is 2.72. The predicted octanol–water partition coefficient (Wildman–Crippen LogP) is 1.29. The smallest absolute Gasteiger partial charge is 1.00 e. The molecule has 0 fully saturated rings. The monoisotopic (exact) mass is 535 g/mol. The quantitative estimate of drug-likeness (QED) is 0.366. The maximum Gasteiger partial charge on any atom is 2.00 e. The van der Waals surface area contributed by atoms with Gasteiger partial charge in [0.1, 0.15) is 0 Å². The molecule has 3 aromatic rings. The van der Waals surface area contributed by atoms with Crippen molar-refractivity contribution in [1.82, 2.24) is 4.98 Å². The number of pyridine rings is 1. The summed E-state index contributed by atoms with van der Waals surface area (Å²) in [6.45, 7) is 7.91. The molecule has 0 aliphatic rings. The molecule has 0 N–H and O–H groups in total. The molecule has 1 aromatic heterocycles. The summed E-state index contributed by atoms with van der Waals surface area (Å²) in [6, 6.07) is 17.2. The number of hydrogen-bond donors (Lipinski definition) is 0. The van der Waals surface area contributed by atoms with E-state index in [1.54, 1.807) is 0 Å². The van der Waals surface area contributed by atoms with E-state index in [2.05, 4.69) is 0 Å². The molecule has 0 saturated carbocycles. The summed E-state index contributed by atoms with van der Waals surface area (Å²) in [6.07, 6.45) is 0. The van der Waals surface area contributed by atoms with Gasteiger partial charge in [-0.05, 0) is 75.2 Å². The maximum absolute atomic E-state index is 6.10. The molecular weight excluding hydrogens is 516 g/mol. The second kappa shape index (κ2) is 13.2. The van der Waals surface area contributed by atoms with E-state index in [0.717, 1.165) is 45.3 Å². The van der Waals surface area contributed by atoms with Gasteiger partial charge in [0.2, 0.25) is 0 Å². The molecule has 2 aromatic carbocycles. The van der Waals surface area contributed by atoms with Crippen molar-refractivity contribution in [1.29, 1.82) is 0 Å². The Kier molecular flexibility index (Phi) is 12.6. The molecule has 0 bridgehead atoms. The van der Waals surface area contributed by atoms with Crippen molar-refractivity contribution < 1.29 is 41.9 Å². The van der Waals surface area contributed by atoms with Crippen molar-refractivity contribution >= 4 is 46.0 Å². The van der Waals surface area contributed by atoms with Crippen LogP contribution in [0.1, 0.15) is 36.4 Å². The van der Waals surface area contributed by atoms with Crippen molar-refractivity contribution in [2.24, 2.45) is 9.98 Å². The maximum atomic E-state index is 6.10. The van der Waals surface area contributed by atoms with E-state index in [9.17, 15) is 0 Å². The fraction of sp³-hybridized carbons (Fsp3) is 0.174. The minimum atomic E-state index is 0. The molecule has 1 heterocycles. The summed E-state index contributed by atoms with van der Waals surface area (Å²) in [4.78, 5) is 14.2. The summed E-state index contributed by atoms with van der Waals surface area (Å²) >= 11 is 12.2. The first-order valence-corrected chi connectivity index (χ1v) is 9.70. The molecule has 3 nitrogen and oxygen atoms in total. The number of aryl methyl sites for hydroxylation is 2. The molecule has 0 unspecified atom stereocenters. The molecule has 0 aliphatic carbocycles. The Morgan fingerprint density at radius 3 is 1.48 bits per heavy atom. The summed E-state index contributed by atoms with van der Waals surface area (Å²) in [7, 11) is 0. The van der Waals surface area contributed by atoms with E-state index in [0.29, 0.717) is 10.0 Å². The average Bonchev–Trinajstić information content (AvgIpc) is 2.67. The number of aromatic nitrogens is 1. The molecule has 0 atom stereocenters. The van der Waals surface area contributed by atoms with Crippen LogP contribution >= 0.6 is 23.2 Å². The first-order chi connectivity index (χ1) is 13.3. The number of nitrogens with zero attached hydrogens (tertiary/aromatic N) is 3. The normalized spacial score (nSPS) is 11.2. The van der Waals surface area contributed by atoms with Crippen molar-refractivity contribution in [2.75, 3.05) is 0 Å². The van der Waals surface area contributed by atoms with Crippen molar-refractivity contribution in [3.63, 3.8) is 0 Å². The van der Waals surface area contributed by atoms with Crippen LogP contribution in [0.3, 0.4) is 0 Å². The van der Waals surface area contributed by atoms with Gasteiger partial charge in [-0.1, -0.05) is 41.4 Å². The Morgan fingerprint density at radius 1 is 0.710 bits per heavy atom. The van der Waals surface area contributed by atoms with Crippen molar-refractivity contribution in [3.8, 4) is 0 Å². The Hall–Kier alpha value is -1.39. The fourth-order valence-corrected chi connectivity index (χ4v) is 3.05. The summed E-state index contributed by atoms with van der Waals surface area (Å²) in [5, 5.41) is 1.33. The van der Waals surface area contributed by atoms with Gasteiger partial charge in [0.05, 0.1) is 34.2 Å². The van der Waals surface area contributed by atoms with Gasteiger partial charge in [0.15, 0.2) is 0 Å². The molecule has 0 aliphatic heterocycles. The van der Waals surface area contributed by atoms with Crippen LogP contribution in [0.4, 0.5) is 11.4 Å². The van der Waals surface area contributed by atoms with Crippen molar-refractivity contribution in [2.45, 2.75) is 27.7 Å². The Balaban J connectivity index is 0.00000300. The van der Waals surface area contributed by atoms with Gasteiger partial charge in [0, 0.05) is 10.0 Å². The zero-order chi connectivity index (χ0) is 20.3. The SMILES string of the molecule is CC(=Nc1cc(Cl)ccc1C)c1cccc(C(C)=Nc2cc(Cl)ccc2C)n1.[Cl-].[Cl-].[Fe+2]. The third-order valence-electron chi connectivity index (χ3n) is 4.41. The standard InChI is InChI=1S/C23H21Cl2N3.2ClH.Fe/c1-14-8-10-18(24)12-22(14)26-16(3)20-6-5-7-21(28-20)17(4)27-23-13-19(25)11-9-15(23)2;;;/h5-13H,1-4H3;2*1H;/q;;;+2/p-2. The van der Waals surface area contributed by atoms with Crippen LogP contribution in [0.5, 0.6) is 0 Å². The minimum Gasteiger partial charge on any atom is -1.00 e. The molecule has 31 heavy (non-hydrogen) atoms. The van der Waals surface area contributed by atoms with E-state index < -0.39 is 0 Å². The van der Waals surface area contributed by atoms with Crippen LogP contribution in [0, 0.1) is 13.8 Å². The van der Waals surface area contributed by atoms with Gasteiger partial charge in [0.25, 0.3) is 0 Å². The minimum absolute atomic E-state index is 0. The van der Waals surface area contributed by atoms with E-state index >= 15 is 0 Å². The second-order valence-corrected chi connectivity index (χ2v) is 7.54. The molecule has 0 amide bonds. The molecule has 164 valence electrons. The second-order valence-electron chi connectivity index (χ2n) is 6.66. The van der Waals surface area contributed by atoms with E-state index in [1.165, 1.54) is 0 Å². The van der Waals surface area contributed by atoms with Gasteiger partial charge in [-0.15, -0.1) is 0 Å². The van der Waals surface area contributed by atoms with Crippen LogP contribution in [0.25, 0.3) is 0 Å². The molecule has 0 saturated heterocycles. The van der Waals surface area contributed by atoms with Crippen molar-refractivity contribution in [3.05, 3.63) is 87.2 Å². The number of benzene rings is 2. The van der Waals surface area contributed by atoms with Gasteiger partial charge in [-0.3, -0.25) is 9.98 Å². The third kappa shape index (κ3) is 7.91.